The Morgan fingerprint density at radius 1 is 1.10 bits per heavy atom. The van der Waals surface area contributed by atoms with Gasteiger partial charge in [-0.05, 0) is 0 Å². The Bertz CT molecular complexity index is 251. The molecule has 0 radical (unpaired) electrons. The molecule has 0 N–H and O–H groups in total. The minimum atomic E-state index is -1.80. The zero-order valence-electron chi connectivity index (χ0n) is 5.14. The lowest BCUT2D eigenvalue weighted by molar-refractivity contribution is 1.78. The van der Waals surface area contributed by atoms with Crippen LogP contribution < -0.4 is 5.30 Å². The van der Waals surface area contributed by atoms with E-state index in [1.54, 1.807) is 0 Å². The monoisotopic (exact) mass is 206 g/mol. The molecule has 0 nitrogen and oxygen atoms in total. The molecule has 0 heterocycles. The molecule has 4 heteroatoms. The molecular formula is C6H7PS3. The van der Waals surface area contributed by atoms with E-state index >= 15 is 0 Å². The molecule has 54 valence electrons. The molecule has 0 amide bonds. The normalized spacial score (nSPS) is 11.4. The van der Waals surface area contributed by atoms with Gasteiger partial charge < -0.3 is 0 Å². The number of thiol groups is 2. The first-order valence-electron chi connectivity index (χ1n) is 2.72. The van der Waals surface area contributed by atoms with E-state index in [-0.39, 0.29) is 0 Å². The van der Waals surface area contributed by atoms with Crippen LogP contribution in [0.1, 0.15) is 0 Å². The van der Waals surface area contributed by atoms with Crippen molar-refractivity contribution in [3.8, 4) is 0 Å². The van der Waals surface area contributed by atoms with Gasteiger partial charge in [-0.3, -0.25) is 0 Å². The summed E-state index contributed by atoms with van der Waals surface area (Å²) >= 11 is 13.6. The van der Waals surface area contributed by atoms with E-state index in [1.807, 2.05) is 30.3 Å². The van der Waals surface area contributed by atoms with Crippen LogP contribution in [0.15, 0.2) is 30.3 Å². The second-order valence-electron chi connectivity index (χ2n) is 1.88. The van der Waals surface area contributed by atoms with Crippen LogP contribution >= 0.6 is 28.9 Å². The maximum atomic E-state index is 5.09. The lowest BCUT2D eigenvalue weighted by Gasteiger charge is -2.06. The quantitative estimate of drug-likeness (QED) is 0.526. The van der Waals surface area contributed by atoms with Gasteiger partial charge in [-0.1, -0.05) is 42.1 Å². The van der Waals surface area contributed by atoms with Gasteiger partial charge in [0.1, 0.15) is 0 Å². The molecule has 0 aliphatic heterocycles. The molecular weight excluding hydrogens is 199 g/mol. The van der Waals surface area contributed by atoms with Gasteiger partial charge in [-0.15, -0.1) is 24.5 Å². The second kappa shape index (κ2) is 3.31. The zero-order valence-corrected chi connectivity index (χ0v) is 8.64. The van der Waals surface area contributed by atoms with Gasteiger partial charge in [0.15, 0.2) is 0 Å². The highest BCUT2D eigenvalue weighted by molar-refractivity contribution is 8.94. The summed E-state index contributed by atoms with van der Waals surface area (Å²) in [5.74, 6) is 0. The van der Waals surface area contributed by atoms with Gasteiger partial charge in [0.25, 0.3) is 0 Å². The molecule has 0 unspecified atom stereocenters. The molecule has 0 saturated heterocycles. The van der Waals surface area contributed by atoms with Gasteiger partial charge in [0.2, 0.25) is 0 Å². The van der Waals surface area contributed by atoms with E-state index in [4.69, 9.17) is 11.8 Å². The predicted octanol–water partition coefficient (Wildman–Crippen LogP) is 2.48. The Labute approximate surface area is 76.4 Å². The maximum absolute atomic E-state index is 5.09. The highest BCUT2D eigenvalue weighted by Gasteiger charge is 2.05. The van der Waals surface area contributed by atoms with Gasteiger partial charge in [0.05, 0.1) is 4.44 Å². The molecule has 0 aliphatic carbocycles. The van der Waals surface area contributed by atoms with Crippen molar-refractivity contribution in [1.82, 2.24) is 0 Å². The summed E-state index contributed by atoms with van der Waals surface area (Å²) in [7, 11) is 0. The van der Waals surface area contributed by atoms with E-state index in [1.165, 1.54) is 0 Å². The van der Waals surface area contributed by atoms with Crippen LogP contribution in [0.25, 0.3) is 0 Å². The summed E-state index contributed by atoms with van der Waals surface area (Å²) in [6.07, 6.45) is 0. The summed E-state index contributed by atoms with van der Waals surface area (Å²) in [4.78, 5) is 0. The van der Waals surface area contributed by atoms with Gasteiger partial charge in [-0.25, -0.2) is 0 Å². The van der Waals surface area contributed by atoms with Gasteiger partial charge in [0, 0.05) is 5.30 Å². The molecule has 0 bridgehead atoms. The number of rotatable bonds is 1. The molecule has 0 aliphatic rings. The standard InChI is InChI=1S/C6H7PS3/c8-7(9,10)6-4-2-1-3-5-6/h1-5H,(H2,8,9,10). The third-order valence-electron chi connectivity index (χ3n) is 1.09. The Hall–Kier alpha value is 0.570. The number of hydrogen-bond donors (Lipinski definition) is 2. The van der Waals surface area contributed by atoms with E-state index in [0.717, 1.165) is 5.30 Å². The van der Waals surface area contributed by atoms with Crippen LogP contribution in [-0.4, -0.2) is 0 Å². The number of hydrogen-bond acceptors (Lipinski definition) is 1. The van der Waals surface area contributed by atoms with Crippen LogP contribution in [0.5, 0.6) is 0 Å². The first-order valence-corrected chi connectivity index (χ1v) is 7.82. The molecule has 0 aromatic heterocycles. The van der Waals surface area contributed by atoms with E-state index in [9.17, 15) is 0 Å². The zero-order chi connectivity index (χ0) is 7.61. The lowest BCUT2D eigenvalue weighted by Crippen LogP contribution is -1.93. The van der Waals surface area contributed by atoms with Gasteiger partial charge >= 0.3 is 0 Å². The first kappa shape index (κ1) is 8.66. The van der Waals surface area contributed by atoms with Crippen molar-refractivity contribution in [3.05, 3.63) is 30.3 Å². The highest BCUT2D eigenvalue weighted by Crippen LogP contribution is 2.54. The summed E-state index contributed by atoms with van der Waals surface area (Å²) in [5, 5.41) is 1.05. The Balaban J connectivity index is 3.09. The molecule has 1 rings (SSSR count). The molecule has 1 aromatic rings. The maximum Gasteiger partial charge on any atom is 0.0791 e. The van der Waals surface area contributed by atoms with Crippen molar-refractivity contribution in [3.63, 3.8) is 0 Å². The SMILES string of the molecule is S=P(S)(S)c1ccccc1. The summed E-state index contributed by atoms with van der Waals surface area (Å²) in [6.45, 7) is 0. The fourth-order valence-electron chi connectivity index (χ4n) is 0.622. The Kier molecular flexibility index (Phi) is 2.87. The van der Waals surface area contributed by atoms with Crippen molar-refractivity contribution in [2.45, 2.75) is 0 Å². The highest BCUT2D eigenvalue weighted by atomic mass is 33.2. The van der Waals surface area contributed by atoms with Crippen molar-refractivity contribution in [2.24, 2.45) is 0 Å². The fourth-order valence-corrected chi connectivity index (χ4v) is 2.35. The van der Waals surface area contributed by atoms with Crippen molar-refractivity contribution in [1.29, 1.82) is 0 Å². The summed E-state index contributed by atoms with van der Waals surface area (Å²) in [5.41, 5.74) is 0. The second-order valence-corrected chi connectivity index (χ2v) is 11.3. The molecule has 0 atom stereocenters. The molecule has 1 aromatic carbocycles. The largest absolute Gasteiger partial charge is 0.127 e. The Morgan fingerprint density at radius 2 is 1.60 bits per heavy atom. The fraction of sp³-hybridized carbons (Fsp3) is 0. The van der Waals surface area contributed by atoms with E-state index in [2.05, 4.69) is 24.5 Å². The van der Waals surface area contributed by atoms with Crippen LogP contribution in [0, 0.1) is 0 Å². The van der Waals surface area contributed by atoms with Crippen LogP contribution in [-0.2, 0) is 11.8 Å². The third kappa shape index (κ3) is 2.31. The number of benzene rings is 1. The molecule has 10 heavy (non-hydrogen) atoms. The van der Waals surface area contributed by atoms with E-state index < -0.39 is 4.44 Å². The van der Waals surface area contributed by atoms with Crippen molar-refractivity contribution < 1.29 is 0 Å². The van der Waals surface area contributed by atoms with Gasteiger partial charge in [-0.2, -0.15) is 0 Å². The Morgan fingerprint density at radius 3 is 1.90 bits per heavy atom. The first-order chi connectivity index (χ1) is 4.61. The van der Waals surface area contributed by atoms with Crippen LogP contribution in [0.3, 0.4) is 0 Å². The topological polar surface area (TPSA) is 0 Å². The lowest BCUT2D eigenvalue weighted by atomic mass is 10.4. The molecule has 0 fully saturated rings. The minimum Gasteiger partial charge on any atom is -0.127 e. The van der Waals surface area contributed by atoms with Crippen molar-refractivity contribution >= 4 is 46.1 Å². The smallest absolute Gasteiger partial charge is 0.0791 e. The predicted molar refractivity (Wildman–Crippen MR) is 58.3 cm³/mol. The summed E-state index contributed by atoms with van der Waals surface area (Å²) < 4.78 is -1.80. The average molecular weight is 206 g/mol. The van der Waals surface area contributed by atoms with Crippen LogP contribution in [0.4, 0.5) is 0 Å². The molecule has 0 spiro atoms. The summed E-state index contributed by atoms with van der Waals surface area (Å²) in [6, 6.07) is 9.77. The molecule has 0 saturated carbocycles. The average Bonchev–Trinajstić information content (AvgIpc) is 1.88. The van der Waals surface area contributed by atoms with E-state index in [0.29, 0.717) is 0 Å². The van der Waals surface area contributed by atoms with Crippen molar-refractivity contribution in [2.75, 3.05) is 0 Å². The minimum absolute atomic E-state index is 1.05. The van der Waals surface area contributed by atoms with Crippen LogP contribution in [0.2, 0.25) is 0 Å². The third-order valence-corrected chi connectivity index (χ3v) is 4.08.